The van der Waals surface area contributed by atoms with E-state index in [1.54, 1.807) is 45.0 Å². The summed E-state index contributed by atoms with van der Waals surface area (Å²) in [5.74, 6) is -4.71. The number of allylic oxidation sites excluding steroid dienone is 1. The summed E-state index contributed by atoms with van der Waals surface area (Å²) >= 11 is 3.39. The molecule has 1 N–H and O–H groups in total. The third kappa shape index (κ3) is 9.34. The quantitative estimate of drug-likeness (QED) is 0.314. The van der Waals surface area contributed by atoms with Gasteiger partial charge in [-0.15, -0.1) is 0 Å². The summed E-state index contributed by atoms with van der Waals surface area (Å²) in [5.41, 5.74) is -1.24. The first-order chi connectivity index (χ1) is 21.5. The predicted molar refractivity (Wildman–Crippen MR) is 176 cm³/mol. The minimum Gasteiger partial charge on any atom is -0.458 e. The topological polar surface area (TPSA) is 129 Å². The number of nitrogens with zero attached hydrogens (tertiary/aromatic N) is 1. The van der Waals surface area contributed by atoms with Gasteiger partial charge in [-0.25, -0.2) is 4.79 Å². The monoisotopic (exact) mass is 707 g/mol. The molecule has 2 heterocycles. The molecule has 0 spiro atoms. The van der Waals surface area contributed by atoms with Gasteiger partial charge in [0.2, 0.25) is 0 Å². The van der Waals surface area contributed by atoms with Crippen LogP contribution >= 0.6 is 15.9 Å². The van der Waals surface area contributed by atoms with Crippen LogP contribution in [0.1, 0.15) is 78.1 Å². The van der Waals surface area contributed by atoms with E-state index in [0.717, 1.165) is 4.47 Å². The number of cyclic esters (lactones) is 1. The summed E-state index contributed by atoms with van der Waals surface area (Å²) in [7, 11) is 3.79. The van der Waals surface area contributed by atoms with Crippen LogP contribution in [0.2, 0.25) is 0 Å². The van der Waals surface area contributed by atoms with Gasteiger partial charge in [-0.3, -0.25) is 14.4 Å². The van der Waals surface area contributed by atoms with Gasteiger partial charge in [0, 0.05) is 16.3 Å². The summed E-state index contributed by atoms with van der Waals surface area (Å²) in [6, 6.07) is 6.58. The highest BCUT2D eigenvalue weighted by atomic mass is 79.9. The van der Waals surface area contributed by atoms with E-state index in [-0.39, 0.29) is 30.3 Å². The van der Waals surface area contributed by atoms with E-state index >= 15 is 0 Å². The molecule has 0 aromatic heterocycles. The Morgan fingerprint density at radius 2 is 1.67 bits per heavy atom. The normalized spacial score (nSPS) is 36.7. The number of Topliss-reactive ketones (excluding diaryl/α,β-unsaturated/α-hetero) is 1. The molecule has 0 aliphatic carbocycles. The Morgan fingerprint density at radius 3 is 2.26 bits per heavy atom. The molecule has 0 bridgehead atoms. The van der Waals surface area contributed by atoms with Gasteiger partial charge in [0.25, 0.3) is 0 Å². The van der Waals surface area contributed by atoms with Crippen molar-refractivity contribution in [3.05, 3.63) is 46.5 Å². The average molecular weight is 709 g/mol. The highest BCUT2D eigenvalue weighted by Crippen LogP contribution is 2.34. The van der Waals surface area contributed by atoms with Crippen molar-refractivity contribution in [2.45, 2.75) is 110 Å². The maximum absolute atomic E-state index is 13.9. The van der Waals surface area contributed by atoms with Crippen LogP contribution in [0.15, 0.2) is 40.9 Å². The number of aliphatic hydroxyl groups is 1. The number of carbonyl (C=O) groups is 4. The SMILES string of the molecule is CCC1OC(=O)C(C)C(=O)C(C)C(OC2OC(C)CC(N(C)C)C2OC(=O)c2ccc(Br)cc2)C(C)CC(C)C(=O)C=CC1(C)O. The second-order valence-corrected chi connectivity index (χ2v) is 14.3. The third-order valence-electron chi connectivity index (χ3n) is 9.22. The fraction of sp³-hybridized carbons (Fsp3) is 0.657. The van der Waals surface area contributed by atoms with Crippen LogP contribution < -0.4 is 0 Å². The van der Waals surface area contributed by atoms with Gasteiger partial charge in [0.1, 0.15) is 17.6 Å². The van der Waals surface area contributed by atoms with Crippen LogP contribution in [-0.4, -0.2) is 90.0 Å². The molecule has 3 rings (SSSR count). The average Bonchev–Trinajstić information content (AvgIpc) is 3.00. The summed E-state index contributed by atoms with van der Waals surface area (Å²) < 4.78 is 25.5. The molecule has 256 valence electrons. The summed E-state index contributed by atoms with van der Waals surface area (Å²) in [4.78, 5) is 55.5. The van der Waals surface area contributed by atoms with Crippen molar-refractivity contribution in [1.82, 2.24) is 4.90 Å². The van der Waals surface area contributed by atoms with Gasteiger partial charge < -0.3 is 29.0 Å². The van der Waals surface area contributed by atoms with E-state index in [9.17, 15) is 24.3 Å². The lowest BCUT2D eigenvalue weighted by atomic mass is 9.80. The van der Waals surface area contributed by atoms with E-state index in [4.69, 9.17) is 18.9 Å². The van der Waals surface area contributed by atoms with Crippen LogP contribution in [-0.2, 0) is 33.3 Å². The van der Waals surface area contributed by atoms with Gasteiger partial charge in [0.15, 0.2) is 24.0 Å². The van der Waals surface area contributed by atoms with Crippen LogP contribution in [0.3, 0.4) is 0 Å². The van der Waals surface area contributed by atoms with Gasteiger partial charge in [0.05, 0.1) is 23.8 Å². The second-order valence-electron chi connectivity index (χ2n) is 13.4. The van der Waals surface area contributed by atoms with Crippen molar-refractivity contribution in [1.29, 1.82) is 0 Å². The minimum absolute atomic E-state index is 0.215. The lowest BCUT2D eigenvalue weighted by Crippen LogP contribution is -2.57. The van der Waals surface area contributed by atoms with Crippen molar-refractivity contribution in [3.63, 3.8) is 0 Å². The molecule has 11 atom stereocenters. The van der Waals surface area contributed by atoms with Crippen LogP contribution in [0, 0.1) is 23.7 Å². The molecule has 2 aliphatic heterocycles. The molecule has 10 nitrogen and oxygen atoms in total. The van der Waals surface area contributed by atoms with Crippen molar-refractivity contribution < 1.29 is 43.2 Å². The Bertz CT molecular complexity index is 1260. The van der Waals surface area contributed by atoms with Crippen molar-refractivity contribution >= 4 is 39.4 Å². The number of carbonyl (C=O) groups excluding carboxylic acids is 4. The standard InChI is InChI=1S/C35H50BrNO9/c1-10-28-35(7,42)16-15-27(38)19(2)17-20(3)30(22(5)29(39)23(6)32(40)44-28)46-34-31(26(37(8)9)18-21(4)43-34)45-33(41)24-11-13-25(36)14-12-24/h11-16,19-23,26,28,30-31,34,42H,10,17-18H2,1-9H3. The molecule has 0 radical (unpaired) electrons. The number of halogens is 1. The van der Waals surface area contributed by atoms with Crippen molar-refractivity contribution in [2.24, 2.45) is 23.7 Å². The van der Waals surface area contributed by atoms with Gasteiger partial charge in [-0.05, 0) is 96.5 Å². The Morgan fingerprint density at radius 1 is 1.04 bits per heavy atom. The first-order valence-electron chi connectivity index (χ1n) is 16.1. The van der Waals surface area contributed by atoms with E-state index in [1.165, 1.54) is 26.0 Å². The fourth-order valence-corrected chi connectivity index (χ4v) is 6.57. The predicted octanol–water partition coefficient (Wildman–Crippen LogP) is 5.14. The number of ether oxygens (including phenoxy) is 4. The zero-order valence-corrected chi connectivity index (χ0v) is 30.0. The van der Waals surface area contributed by atoms with E-state index in [0.29, 0.717) is 18.4 Å². The van der Waals surface area contributed by atoms with Crippen LogP contribution in [0.25, 0.3) is 0 Å². The third-order valence-corrected chi connectivity index (χ3v) is 9.75. The van der Waals surface area contributed by atoms with E-state index in [2.05, 4.69) is 15.9 Å². The van der Waals surface area contributed by atoms with Gasteiger partial charge in [-0.1, -0.05) is 43.6 Å². The molecule has 2 aliphatic rings. The lowest BCUT2D eigenvalue weighted by molar-refractivity contribution is -0.277. The maximum atomic E-state index is 13.9. The number of esters is 2. The Balaban J connectivity index is 2.00. The minimum atomic E-state index is -1.60. The summed E-state index contributed by atoms with van der Waals surface area (Å²) in [6.07, 6.45) is -0.00687. The molecule has 11 unspecified atom stereocenters. The lowest BCUT2D eigenvalue weighted by Gasteiger charge is -2.45. The molecule has 1 aromatic carbocycles. The number of ketones is 2. The van der Waals surface area contributed by atoms with Gasteiger partial charge in [-0.2, -0.15) is 0 Å². The molecule has 1 fully saturated rings. The largest absolute Gasteiger partial charge is 0.458 e. The number of rotatable bonds is 6. The first-order valence-corrected chi connectivity index (χ1v) is 16.9. The van der Waals surface area contributed by atoms with E-state index in [1.807, 2.05) is 32.8 Å². The summed E-state index contributed by atoms with van der Waals surface area (Å²) in [6.45, 7) is 12.0. The molecule has 1 aromatic rings. The smallest absolute Gasteiger partial charge is 0.338 e. The highest BCUT2D eigenvalue weighted by molar-refractivity contribution is 9.10. The Hall–Kier alpha value is -2.44. The van der Waals surface area contributed by atoms with Gasteiger partial charge >= 0.3 is 11.9 Å². The zero-order chi connectivity index (χ0) is 34.5. The molecule has 0 saturated carbocycles. The number of hydrogen-bond acceptors (Lipinski definition) is 10. The molecule has 46 heavy (non-hydrogen) atoms. The number of hydrogen-bond donors (Lipinski definition) is 1. The molecule has 0 amide bonds. The Labute approximate surface area is 281 Å². The second kappa shape index (κ2) is 16.1. The van der Waals surface area contributed by atoms with Crippen LogP contribution in [0.5, 0.6) is 0 Å². The zero-order valence-electron chi connectivity index (χ0n) is 28.4. The molecular formula is C35H50BrNO9. The fourth-order valence-electron chi connectivity index (χ4n) is 6.30. The van der Waals surface area contributed by atoms with Crippen molar-refractivity contribution in [3.8, 4) is 0 Å². The van der Waals surface area contributed by atoms with Crippen molar-refractivity contribution in [2.75, 3.05) is 14.1 Å². The molecular weight excluding hydrogens is 658 g/mol. The Kier molecular flexibility index (Phi) is 13.3. The molecule has 11 heteroatoms. The first kappa shape index (κ1) is 38.0. The number of likely N-dealkylation sites (N-methyl/N-ethyl adjacent to an activating group) is 1. The van der Waals surface area contributed by atoms with E-state index < -0.39 is 65.7 Å². The molecule has 1 saturated heterocycles. The van der Waals surface area contributed by atoms with Crippen LogP contribution in [0.4, 0.5) is 0 Å². The maximum Gasteiger partial charge on any atom is 0.338 e. The summed E-state index contributed by atoms with van der Waals surface area (Å²) in [5, 5.41) is 11.0. The highest BCUT2D eigenvalue weighted by Gasteiger charge is 2.46. The number of benzene rings is 1.